The van der Waals surface area contributed by atoms with E-state index in [0.29, 0.717) is 12.2 Å². The first kappa shape index (κ1) is 23.1. The van der Waals surface area contributed by atoms with Crippen LogP contribution < -0.4 is 9.47 Å². The molecule has 1 aromatic carbocycles. The Bertz CT molecular complexity index is 704. The number of halogens is 4. The minimum atomic E-state index is -4.85. The molecule has 9 heteroatoms. The molecule has 26 heavy (non-hydrogen) atoms. The molecule has 0 aromatic heterocycles. The van der Waals surface area contributed by atoms with Crippen molar-refractivity contribution >= 4 is 53.2 Å². The van der Waals surface area contributed by atoms with E-state index in [1.54, 1.807) is 0 Å². The Morgan fingerprint density at radius 1 is 1.38 bits per heavy atom. The second kappa shape index (κ2) is 9.35. The molecule has 0 spiro atoms. The van der Waals surface area contributed by atoms with E-state index in [4.69, 9.17) is 26.2 Å². The van der Waals surface area contributed by atoms with Crippen molar-refractivity contribution in [3.05, 3.63) is 27.8 Å². The fourth-order valence-corrected chi connectivity index (χ4v) is 2.89. The fraction of sp³-hybridized carbons (Fsp3) is 0.471. The number of ether oxygens (including phenoxy) is 2. The second-order valence-corrected chi connectivity index (χ2v) is 6.14. The molecule has 0 aliphatic carbocycles. The molecule has 1 aliphatic rings. The maximum absolute atomic E-state index is 13.2. The van der Waals surface area contributed by atoms with Gasteiger partial charge in [-0.05, 0) is 25.5 Å². The molecule has 0 radical (unpaired) electrons. The topological polar surface area (TPSA) is 55.8 Å². The van der Waals surface area contributed by atoms with Gasteiger partial charge >= 0.3 is 41.7 Å². The molecule has 1 atom stereocenters. The summed E-state index contributed by atoms with van der Waals surface area (Å²) in [6.45, 7) is 3.95. The summed E-state index contributed by atoms with van der Waals surface area (Å²) in [4.78, 5) is 11.2. The molecule has 0 unspecified atom stereocenters. The average Bonchev–Trinajstić information content (AvgIpc) is 2.52. The van der Waals surface area contributed by atoms with Gasteiger partial charge in [-0.1, -0.05) is 31.4 Å². The van der Waals surface area contributed by atoms with Gasteiger partial charge in [0.15, 0.2) is 0 Å². The molecular weight excluding hydrogens is 384 g/mol. The van der Waals surface area contributed by atoms with Crippen LogP contribution in [0.4, 0.5) is 13.2 Å². The van der Waals surface area contributed by atoms with Crippen LogP contribution in [0.25, 0.3) is 6.08 Å². The van der Waals surface area contributed by atoms with Crippen LogP contribution >= 0.6 is 11.6 Å². The summed E-state index contributed by atoms with van der Waals surface area (Å²) in [5.74, 6) is -1.51. The third-order valence-corrected chi connectivity index (χ3v) is 4.09. The van der Waals surface area contributed by atoms with Crippen molar-refractivity contribution in [3.63, 3.8) is 0 Å². The van der Waals surface area contributed by atoms with E-state index in [9.17, 15) is 18.0 Å². The van der Waals surface area contributed by atoms with Crippen molar-refractivity contribution in [1.82, 2.24) is 0 Å². The zero-order valence-electron chi connectivity index (χ0n) is 13.7. The van der Waals surface area contributed by atoms with Crippen LogP contribution in [0.2, 0.25) is 5.02 Å². The number of hydrogen-bond donors (Lipinski definition) is 1. The Kier molecular flexibility index (Phi) is 8.33. The van der Waals surface area contributed by atoms with Gasteiger partial charge in [-0.2, -0.15) is 13.2 Å². The summed E-state index contributed by atoms with van der Waals surface area (Å²) in [5.41, 5.74) is -0.387. The van der Waals surface area contributed by atoms with Crippen molar-refractivity contribution in [2.45, 2.75) is 45.4 Å². The van der Waals surface area contributed by atoms with Crippen LogP contribution in [0, 0.1) is 6.92 Å². The van der Waals surface area contributed by atoms with Crippen LogP contribution in [0.5, 0.6) is 11.5 Å². The molecule has 0 amide bonds. The molecule has 4 nitrogen and oxygen atoms in total. The molecule has 1 heterocycles. The van der Waals surface area contributed by atoms with Crippen molar-refractivity contribution in [3.8, 4) is 11.5 Å². The van der Waals surface area contributed by atoms with Crippen LogP contribution in [-0.2, 0) is 4.79 Å². The predicted octanol–water partition coefficient (Wildman–Crippen LogP) is 4.36. The fourth-order valence-electron chi connectivity index (χ4n) is 2.58. The number of benzene rings is 1. The summed E-state index contributed by atoms with van der Waals surface area (Å²) in [6, 6.07) is 1.36. The zero-order chi connectivity index (χ0) is 18.8. The van der Waals surface area contributed by atoms with E-state index >= 15 is 0 Å². The standard InChI is InChI=1S/C17H18ClF3O4.Na.H/c1-3-4-5-6-24-14-9(2)13-10(8-12(14)18)7-11(16(22)23)15(25-13)17(19,20)21;;/h7-8,15H,3-6H2,1-2H3,(H,22,23);;/t15-;;/m0../s1. The third kappa shape index (κ3) is 5.09. The Morgan fingerprint density at radius 3 is 2.58 bits per heavy atom. The normalized spacial score (nSPS) is 16.1. The average molecular weight is 403 g/mol. The number of carbonyl (C=O) groups is 1. The number of carboxylic acids is 1. The monoisotopic (exact) mass is 402 g/mol. The number of hydrogen-bond acceptors (Lipinski definition) is 3. The Labute approximate surface area is 176 Å². The van der Waals surface area contributed by atoms with Gasteiger partial charge in [0.05, 0.1) is 17.2 Å². The van der Waals surface area contributed by atoms with Gasteiger partial charge in [-0.15, -0.1) is 0 Å². The molecule has 1 aromatic rings. The number of unbranched alkanes of at least 4 members (excludes halogenated alkanes) is 2. The summed E-state index contributed by atoms with van der Waals surface area (Å²) in [6.07, 6.45) is -3.70. The zero-order valence-corrected chi connectivity index (χ0v) is 14.5. The minimum absolute atomic E-state index is 0. The molecular formula is C17H19ClF3NaO4. The molecule has 1 N–H and O–H groups in total. The first-order valence-corrected chi connectivity index (χ1v) is 8.18. The van der Waals surface area contributed by atoms with Crippen molar-refractivity contribution in [1.29, 1.82) is 0 Å². The molecule has 2 rings (SSSR count). The van der Waals surface area contributed by atoms with Gasteiger partial charge in [0, 0.05) is 11.1 Å². The summed E-state index contributed by atoms with van der Waals surface area (Å²) in [5, 5.41) is 9.25. The molecule has 0 saturated heterocycles. The third-order valence-electron chi connectivity index (χ3n) is 3.81. The summed E-state index contributed by atoms with van der Waals surface area (Å²) in [7, 11) is 0. The summed E-state index contributed by atoms with van der Waals surface area (Å²) < 4.78 is 50.1. The second-order valence-electron chi connectivity index (χ2n) is 5.73. The van der Waals surface area contributed by atoms with E-state index in [0.717, 1.165) is 25.3 Å². The van der Waals surface area contributed by atoms with Gasteiger partial charge < -0.3 is 14.6 Å². The SMILES string of the molecule is CCCCCOc1c(Cl)cc2c(c1C)O[C@H](C(F)(F)F)C(C(=O)O)=C2.[NaH]. The number of carboxylic acid groups (broad SMARTS) is 1. The van der Waals surface area contributed by atoms with Gasteiger partial charge in [0.25, 0.3) is 0 Å². The molecule has 0 saturated carbocycles. The van der Waals surface area contributed by atoms with Crippen LogP contribution in [0.15, 0.2) is 11.6 Å². The van der Waals surface area contributed by atoms with E-state index < -0.39 is 23.8 Å². The first-order chi connectivity index (χ1) is 11.7. The van der Waals surface area contributed by atoms with E-state index in [2.05, 4.69) is 0 Å². The molecule has 0 bridgehead atoms. The molecule has 0 fully saturated rings. The quantitative estimate of drug-likeness (QED) is 0.567. The predicted molar refractivity (Wildman–Crippen MR) is 94.4 cm³/mol. The number of fused-ring (bicyclic) bond motifs is 1. The Balaban J connectivity index is 0.00000338. The van der Waals surface area contributed by atoms with E-state index in [1.807, 2.05) is 6.92 Å². The van der Waals surface area contributed by atoms with Crippen molar-refractivity contribution in [2.75, 3.05) is 6.61 Å². The number of alkyl halides is 3. The number of rotatable bonds is 6. The van der Waals surface area contributed by atoms with E-state index in [-0.39, 0.29) is 51.6 Å². The van der Waals surface area contributed by atoms with E-state index in [1.165, 1.54) is 13.0 Å². The molecule has 1 aliphatic heterocycles. The van der Waals surface area contributed by atoms with Crippen LogP contribution in [0.1, 0.15) is 37.3 Å². The van der Waals surface area contributed by atoms with Crippen LogP contribution in [0.3, 0.4) is 0 Å². The van der Waals surface area contributed by atoms with Gasteiger partial charge in [0.1, 0.15) is 11.5 Å². The number of aliphatic carboxylic acids is 1. The van der Waals surface area contributed by atoms with Crippen molar-refractivity contribution < 1.29 is 32.5 Å². The van der Waals surface area contributed by atoms with Gasteiger partial charge in [-0.3, -0.25) is 0 Å². The Morgan fingerprint density at radius 2 is 2.04 bits per heavy atom. The van der Waals surface area contributed by atoms with Gasteiger partial charge in [0.2, 0.25) is 6.10 Å². The molecule has 140 valence electrons. The van der Waals surface area contributed by atoms with Gasteiger partial charge in [-0.25, -0.2) is 4.79 Å². The van der Waals surface area contributed by atoms with Crippen molar-refractivity contribution in [2.24, 2.45) is 0 Å². The Hall–Kier alpha value is -0.890. The van der Waals surface area contributed by atoms with Crippen LogP contribution in [-0.4, -0.2) is 59.5 Å². The maximum atomic E-state index is 13.2. The first-order valence-electron chi connectivity index (χ1n) is 7.81. The summed E-state index contributed by atoms with van der Waals surface area (Å²) >= 11 is 6.15.